The molecule has 2 atom stereocenters. The van der Waals surface area contributed by atoms with Crippen LogP contribution in [0.2, 0.25) is 0 Å². The van der Waals surface area contributed by atoms with Gasteiger partial charge in [-0.05, 0) is 13.3 Å². The summed E-state index contributed by atoms with van der Waals surface area (Å²) in [4.78, 5) is 11.9. The van der Waals surface area contributed by atoms with Crippen molar-refractivity contribution in [3.63, 3.8) is 0 Å². The predicted molar refractivity (Wildman–Crippen MR) is 123 cm³/mol. The standard InChI is InChI=1S/C26H50O3/c1-3-5-6-7-8-9-10-11-12-13-14-15-16-17-18-19-20-21-22-24(25-23-29-25)26(27)28-4-2/h24-25H,3-23H2,1-2H3/t24-,25-/m1/s1. The fraction of sp³-hybridized carbons (Fsp3) is 0.962. The summed E-state index contributed by atoms with van der Waals surface area (Å²) in [5, 5.41) is 0. The highest BCUT2D eigenvalue weighted by Gasteiger charge is 2.38. The van der Waals surface area contributed by atoms with Crippen LogP contribution in [-0.2, 0) is 14.3 Å². The lowest BCUT2D eigenvalue weighted by Gasteiger charge is -2.12. The van der Waals surface area contributed by atoms with Gasteiger partial charge in [-0.3, -0.25) is 4.79 Å². The molecule has 172 valence electrons. The Hall–Kier alpha value is -0.570. The molecule has 0 unspecified atom stereocenters. The number of rotatable bonds is 22. The summed E-state index contributed by atoms with van der Waals surface area (Å²) >= 11 is 0. The van der Waals surface area contributed by atoms with Crippen molar-refractivity contribution in [1.82, 2.24) is 0 Å². The van der Waals surface area contributed by atoms with Crippen molar-refractivity contribution in [3.8, 4) is 0 Å². The summed E-state index contributed by atoms with van der Waals surface area (Å²) in [5.41, 5.74) is 0. The van der Waals surface area contributed by atoms with Crippen LogP contribution in [0.5, 0.6) is 0 Å². The molecular weight excluding hydrogens is 360 g/mol. The third kappa shape index (κ3) is 15.9. The number of esters is 1. The molecule has 0 aromatic rings. The molecule has 1 rings (SSSR count). The Kier molecular flexibility index (Phi) is 17.7. The summed E-state index contributed by atoms with van der Waals surface area (Å²) in [6.45, 7) is 5.37. The molecule has 29 heavy (non-hydrogen) atoms. The van der Waals surface area contributed by atoms with E-state index >= 15 is 0 Å². The zero-order valence-electron chi connectivity index (χ0n) is 19.7. The third-order valence-corrected chi connectivity index (χ3v) is 6.27. The van der Waals surface area contributed by atoms with Crippen LogP contribution in [0.15, 0.2) is 0 Å². The van der Waals surface area contributed by atoms with Gasteiger partial charge >= 0.3 is 5.97 Å². The first-order chi connectivity index (χ1) is 14.3. The van der Waals surface area contributed by atoms with E-state index in [1.54, 1.807) is 0 Å². The zero-order chi connectivity index (χ0) is 21.0. The Morgan fingerprint density at radius 3 is 1.45 bits per heavy atom. The summed E-state index contributed by atoms with van der Waals surface area (Å²) in [6, 6.07) is 0. The maximum Gasteiger partial charge on any atom is 0.311 e. The van der Waals surface area contributed by atoms with E-state index in [-0.39, 0.29) is 18.0 Å². The fourth-order valence-electron chi connectivity index (χ4n) is 4.26. The van der Waals surface area contributed by atoms with Crippen LogP contribution in [0, 0.1) is 5.92 Å². The first-order valence-corrected chi connectivity index (χ1v) is 13.1. The Morgan fingerprint density at radius 1 is 0.724 bits per heavy atom. The van der Waals surface area contributed by atoms with Gasteiger partial charge in [-0.2, -0.15) is 0 Å². The number of unbranched alkanes of at least 4 members (excludes halogenated alkanes) is 17. The van der Waals surface area contributed by atoms with Crippen LogP contribution < -0.4 is 0 Å². The molecule has 0 bridgehead atoms. The van der Waals surface area contributed by atoms with E-state index in [1.807, 2.05) is 6.92 Å². The van der Waals surface area contributed by atoms with E-state index in [9.17, 15) is 4.79 Å². The van der Waals surface area contributed by atoms with Crippen molar-refractivity contribution in [3.05, 3.63) is 0 Å². The monoisotopic (exact) mass is 410 g/mol. The molecule has 3 heteroatoms. The third-order valence-electron chi connectivity index (χ3n) is 6.27. The predicted octanol–water partition coefficient (Wildman–Crippen LogP) is 8.00. The number of hydrogen-bond donors (Lipinski definition) is 0. The minimum Gasteiger partial charge on any atom is -0.466 e. The van der Waals surface area contributed by atoms with Gasteiger partial charge in [0.2, 0.25) is 0 Å². The lowest BCUT2D eigenvalue weighted by Crippen LogP contribution is -2.22. The molecule has 1 heterocycles. The van der Waals surface area contributed by atoms with E-state index < -0.39 is 0 Å². The summed E-state index contributed by atoms with van der Waals surface area (Å²) in [5.74, 6) is -0.0713. The molecular formula is C26H50O3. The van der Waals surface area contributed by atoms with Gasteiger partial charge in [0.05, 0.1) is 25.2 Å². The molecule has 1 aliphatic rings. The fourth-order valence-corrected chi connectivity index (χ4v) is 4.26. The second-order valence-corrected chi connectivity index (χ2v) is 9.03. The first kappa shape index (κ1) is 26.5. The first-order valence-electron chi connectivity index (χ1n) is 13.1. The van der Waals surface area contributed by atoms with Gasteiger partial charge < -0.3 is 9.47 Å². The van der Waals surface area contributed by atoms with Crippen molar-refractivity contribution in [1.29, 1.82) is 0 Å². The summed E-state index contributed by atoms with van der Waals surface area (Å²) in [7, 11) is 0. The molecule has 1 fully saturated rings. The van der Waals surface area contributed by atoms with Crippen LogP contribution in [0.3, 0.4) is 0 Å². The molecule has 0 radical (unpaired) electrons. The van der Waals surface area contributed by atoms with Gasteiger partial charge in [0.25, 0.3) is 0 Å². The van der Waals surface area contributed by atoms with E-state index in [4.69, 9.17) is 9.47 Å². The van der Waals surface area contributed by atoms with E-state index in [0.717, 1.165) is 19.4 Å². The SMILES string of the molecule is CCCCCCCCCCCCCCCCCCCC[C@@H](C(=O)OCC)[C@H]1CO1. The molecule has 1 aliphatic heterocycles. The van der Waals surface area contributed by atoms with Crippen LogP contribution in [0.25, 0.3) is 0 Å². The van der Waals surface area contributed by atoms with Gasteiger partial charge in [-0.1, -0.05) is 122 Å². The zero-order valence-corrected chi connectivity index (χ0v) is 19.7. The second-order valence-electron chi connectivity index (χ2n) is 9.03. The number of hydrogen-bond acceptors (Lipinski definition) is 3. The quantitative estimate of drug-likeness (QED) is 0.103. The number of ether oxygens (including phenoxy) is 2. The topological polar surface area (TPSA) is 38.8 Å². The second kappa shape index (κ2) is 19.4. The van der Waals surface area contributed by atoms with Crippen molar-refractivity contribution < 1.29 is 14.3 Å². The number of carbonyl (C=O) groups is 1. The lowest BCUT2D eigenvalue weighted by atomic mass is 9.97. The smallest absolute Gasteiger partial charge is 0.311 e. The average Bonchev–Trinajstić information content (AvgIpc) is 3.55. The Labute approximate surface area is 181 Å². The normalized spacial score (nSPS) is 16.7. The van der Waals surface area contributed by atoms with Gasteiger partial charge in [-0.25, -0.2) is 0 Å². The van der Waals surface area contributed by atoms with Crippen LogP contribution in [0.4, 0.5) is 0 Å². The van der Waals surface area contributed by atoms with E-state index in [2.05, 4.69) is 6.92 Å². The van der Waals surface area contributed by atoms with Crippen molar-refractivity contribution in [2.75, 3.05) is 13.2 Å². The van der Waals surface area contributed by atoms with Gasteiger partial charge in [0.15, 0.2) is 0 Å². The number of carbonyl (C=O) groups excluding carboxylic acids is 1. The number of epoxide rings is 1. The van der Waals surface area contributed by atoms with Gasteiger partial charge in [-0.15, -0.1) is 0 Å². The van der Waals surface area contributed by atoms with Gasteiger partial charge in [0.1, 0.15) is 0 Å². The molecule has 1 saturated heterocycles. The molecule has 0 spiro atoms. The Morgan fingerprint density at radius 2 is 1.10 bits per heavy atom. The van der Waals surface area contributed by atoms with Crippen molar-refractivity contribution in [2.45, 2.75) is 142 Å². The molecule has 0 aromatic heterocycles. The summed E-state index contributed by atoms with van der Waals surface area (Å²) in [6.07, 6.45) is 26.1. The van der Waals surface area contributed by atoms with E-state index in [0.29, 0.717) is 6.61 Å². The Bertz CT molecular complexity index is 365. The van der Waals surface area contributed by atoms with Crippen LogP contribution in [-0.4, -0.2) is 25.3 Å². The van der Waals surface area contributed by atoms with Crippen LogP contribution in [0.1, 0.15) is 136 Å². The lowest BCUT2D eigenvalue weighted by molar-refractivity contribution is -0.149. The minimum absolute atomic E-state index is 0.0176. The van der Waals surface area contributed by atoms with Crippen molar-refractivity contribution >= 4 is 5.97 Å². The van der Waals surface area contributed by atoms with E-state index in [1.165, 1.54) is 109 Å². The minimum atomic E-state index is -0.0537. The Balaban J connectivity index is 1.76. The molecule has 0 N–H and O–H groups in total. The highest BCUT2D eigenvalue weighted by atomic mass is 16.6. The van der Waals surface area contributed by atoms with Gasteiger partial charge in [0, 0.05) is 0 Å². The van der Waals surface area contributed by atoms with Crippen molar-refractivity contribution in [2.24, 2.45) is 5.92 Å². The molecule has 3 nitrogen and oxygen atoms in total. The average molecular weight is 411 g/mol. The maximum atomic E-state index is 11.9. The maximum absolute atomic E-state index is 11.9. The highest BCUT2D eigenvalue weighted by Crippen LogP contribution is 2.27. The highest BCUT2D eigenvalue weighted by molar-refractivity contribution is 5.73. The molecule has 0 aliphatic carbocycles. The molecule has 0 aromatic carbocycles. The molecule has 0 amide bonds. The molecule has 0 saturated carbocycles. The largest absolute Gasteiger partial charge is 0.466 e. The summed E-state index contributed by atoms with van der Waals surface area (Å²) < 4.78 is 10.5. The van der Waals surface area contributed by atoms with Crippen LogP contribution >= 0.6 is 0 Å².